The third-order valence-corrected chi connectivity index (χ3v) is 0.983. The van der Waals surface area contributed by atoms with Gasteiger partial charge in [-0.3, -0.25) is 0 Å². The highest BCUT2D eigenvalue weighted by atomic mass is 16.3. The van der Waals surface area contributed by atoms with Gasteiger partial charge in [0.1, 0.15) is 6.29 Å². The van der Waals surface area contributed by atoms with E-state index in [0.29, 0.717) is 6.29 Å². The first kappa shape index (κ1) is 8.12. The van der Waals surface area contributed by atoms with Gasteiger partial charge < -0.3 is 9.90 Å². The Morgan fingerprint density at radius 3 is 2.78 bits per heavy atom. The number of aliphatic hydroxyl groups is 1. The zero-order valence-electron chi connectivity index (χ0n) is 5.29. The third-order valence-electron chi connectivity index (χ3n) is 0.983. The van der Waals surface area contributed by atoms with Crippen molar-refractivity contribution in [2.75, 3.05) is 0 Å². The molecule has 0 aromatic rings. The van der Waals surface area contributed by atoms with Crippen LogP contribution in [0.5, 0.6) is 0 Å². The van der Waals surface area contributed by atoms with Gasteiger partial charge in [0.05, 0.1) is 18.1 Å². The summed E-state index contributed by atoms with van der Waals surface area (Å²) in [4.78, 5) is 9.83. The van der Waals surface area contributed by atoms with E-state index in [4.69, 9.17) is 10.4 Å². The van der Waals surface area contributed by atoms with Gasteiger partial charge in [-0.15, -0.1) is 0 Å². The minimum Gasteiger partial charge on any atom is -0.389 e. The van der Waals surface area contributed by atoms with Crippen molar-refractivity contribution in [1.82, 2.24) is 0 Å². The van der Waals surface area contributed by atoms with E-state index in [1.807, 2.05) is 0 Å². The van der Waals surface area contributed by atoms with E-state index in [-0.39, 0.29) is 12.8 Å². The molecule has 9 heavy (non-hydrogen) atoms. The Bertz CT molecular complexity index is 134. The fourth-order valence-corrected chi connectivity index (χ4v) is 0.422. The molecule has 0 saturated carbocycles. The average molecular weight is 127 g/mol. The van der Waals surface area contributed by atoms with Gasteiger partial charge in [-0.25, -0.2) is 0 Å². The number of rotatable bonds is 3. The molecule has 50 valence electrons. The fraction of sp³-hybridized carbons (Fsp3) is 0.667. The van der Waals surface area contributed by atoms with Gasteiger partial charge in [-0.1, -0.05) is 0 Å². The van der Waals surface area contributed by atoms with Gasteiger partial charge in [0.15, 0.2) is 0 Å². The first-order chi connectivity index (χ1) is 4.12. The predicted molar refractivity (Wildman–Crippen MR) is 31.5 cm³/mol. The molecular weight excluding hydrogens is 118 g/mol. The van der Waals surface area contributed by atoms with Crippen molar-refractivity contribution in [3.63, 3.8) is 0 Å². The number of nitriles is 1. The second kappa shape index (κ2) is 3.21. The Hall–Kier alpha value is -0.880. The Kier molecular flexibility index (Phi) is 2.89. The van der Waals surface area contributed by atoms with Crippen LogP contribution in [0.3, 0.4) is 0 Å². The normalized spacial score (nSPS) is 15.7. The Morgan fingerprint density at radius 2 is 2.44 bits per heavy atom. The van der Waals surface area contributed by atoms with Crippen LogP contribution in [0.4, 0.5) is 0 Å². The zero-order valence-corrected chi connectivity index (χ0v) is 5.29. The zero-order chi connectivity index (χ0) is 7.33. The maximum absolute atomic E-state index is 9.83. The van der Waals surface area contributed by atoms with Gasteiger partial charge in [0.2, 0.25) is 0 Å². The highest BCUT2D eigenvalue weighted by Crippen LogP contribution is 2.10. The van der Waals surface area contributed by atoms with Crippen molar-refractivity contribution in [2.24, 2.45) is 0 Å². The lowest BCUT2D eigenvalue weighted by Gasteiger charge is -2.14. The number of hydrogen-bond acceptors (Lipinski definition) is 3. The minimum atomic E-state index is -1.13. The first-order valence-electron chi connectivity index (χ1n) is 2.65. The van der Waals surface area contributed by atoms with Crippen LogP contribution >= 0.6 is 0 Å². The molecule has 0 aromatic carbocycles. The maximum atomic E-state index is 9.83. The molecule has 0 spiro atoms. The number of aldehydes is 1. The van der Waals surface area contributed by atoms with Crippen molar-refractivity contribution in [3.8, 4) is 6.07 Å². The van der Waals surface area contributed by atoms with Crippen LogP contribution in [0.25, 0.3) is 0 Å². The summed E-state index contributed by atoms with van der Waals surface area (Å²) in [6.45, 7) is 1.46. The molecule has 1 unspecified atom stereocenters. The summed E-state index contributed by atoms with van der Waals surface area (Å²) < 4.78 is 0. The molecule has 0 aromatic heterocycles. The number of nitrogens with zero attached hydrogens (tertiary/aromatic N) is 1. The van der Waals surface area contributed by atoms with Gasteiger partial charge in [-0.2, -0.15) is 5.26 Å². The molecule has 0 fully saturated rings. The lowest BCUT2D eigenvalue weighted by Crippen LogP contribution is -2.23. The van der Waals surface area contributed by atoms with Crippen molar-refractivity contribution in [2.45, 2.75) is 25.4 Å². The molecule has 0 heterocycles. The Labute approximate surface area is 53.9 Å². The van der Waals surface area contributed by atoms with Crippen LogP contribution < -0.4 is 0 Å². The lowest BCUT2D eigenvalue weighted by molar-refractivity contribution is -0.111. The number of hydrogen-bond donors (Lipinski definition) is 1. The minimum absolute atomic E-state index is 0.00569. The van der Waals surface area contributed by atoms with Gasteiger partial charge in [0, 0.05) is 6.42 Å². The Balaban J connectivity index is 3.73. The van der Waals surface area contributed by atoms with Crippen molar-refractivity contribution < 1.29 is 9.90 Å². The van der Waals surface area contributed by atoms with E-state index >= 15 is 0 Å². The summed E-state index contributed by atoms with van der Waals surface area (Å²) in [6, 6.07) is 1.78. The summed E-state index contributed by atoms with van der Waals surface area (Å²) in [5.74, 6) is 0. The second-order valence-electron chi connectivity index (χ2n) is 2.20. The molecule has 3 heteroatoms. The SMILES string of the molecule is CC(O)(CC#N)CC=O. The summed E-state index contributed by atoms with van der Waals surface area (Å²) in [7, 11) is 0. The standard InChI is InChI=1S/C6H9NO2/c1-6(9,2-4-7)3-5-8/h5,9H,2-3H2,1H3. The molecular formula is C6H9NO2. The van der Waals surface area contributed by atoms with Crippen LogP contribution in [0, 0.1) is 11.3 Å². The van der Waals surface area contributed by atoms with Crippen LogP contribution in [-0.2, 0) is 4.79 Å². The number of carbonyl (C=O) groups is 1. The first-order valence-corrected chi connectivity index (χ1v) is 2.65. The van der Waals surface area contributed by atoms with Gasteiger partial charge in [-0.05, 0) is 6.92 Å². The van der Waals surface area contributed by atoms with Crippen molar-refractivity contribution in [3.05, 3.63) is 0 Å². The molecule has 0 aliphatic rings. The maximum Gasteiger partial charge on any atom is 0.122 e. The molecule has 0 bridgehead atoms. The van der Waals surface area contributed by atoms with E-state index in [2.05, 4.69) is 0 Å². The average Bonchev–Trinajstić information content (AvgIpc) is 1.64. The molecule has 0 aliphatic heterocycles. The summed E-state index contributed by atoms with van der Waals surface area (Å²) >= 11 is 0. The van der Waals surface area contributed by atoms with E-state index in [9.17, 15) is 4.79 Å². The highest BCUT2D eigenvalue weighted by molar-refractivity contribution is 5.51. The third kappa shape index (κ3) is 3.68. The van der Waals surface area contributed by atoms with Crippen LogP contribution in [0.1, 0.15) is 19.8 Å². The second-order valence-corrected chi connectivity index (χ2v) is 2.20. The molecule has 0 aliphatic carbocycles. The monoisotopic (exact) mass is 127 g/mol. The van der Waals surface area contributed by atoms with E-state index in [0.717, 1.165) is 0 Å². The molecule has 0 radical (unpaired) electrons. The predicted octanol–water partition coefficient (Wildman–Crippen LogP) is 0.240. The molecule has 0 amide bonds. The van der Waals surface area contributed by atoms with E-state index in [1.54, 1.807) is 6.07 Å². The molecule has 0 saturated heterocycles. The molecule has 1 N–H and O–H groups in total. The van der Waals surface area contributed by atoms with Crippen LogP contribution in [0.15, 0.2) is 0 Å². The topological polar surface area (TPSA) is 61.1 Å². The summed E-state index contributed by atoms with van der Waals surface area (Å²) in [6.07, 6.45) is 0.643. The number of carbonyl (C=O) groups excluding carboxylic acids is 1. The highest BCUT2D eigenvalue weighted by Gasteiger charge is 2.18. The van der Waals surface area contributed by atoms with E-state index in [1.165, 1.54) is 6.92 Å². The van der Waals surface area contributed by atoms with Gasteiger partial charge >= 0.3 is 0 Å². The van der Waals surface area contributed by atoms with Crippen LogP contribution in [0.2, 0.25) is 0 Å². The summed E-state index contributed by atoms with van der Waals surface area (Å²) in [5, 5.41) is 17.2. The molecule has 1 atom stereocenters. The van der Waals surface area contributed by atoms with Crippen molar-refractivity contribution in [1.29, 1.82) is 5.26 Å². The largest absolute Gasteiger partial charge is 0.389 e. The van der Waals surface area contributed by atoms with Crippen molar-refractivity contribution >= 4 is 6.29 Å². The van der Waals surface area contributed by atoms with E-state index < -0.39 is 5.60 Å². The Morgan fingerprint density at radius 1 is 1.89 bits per heavy atom. The fourth-order valence-electron chi connectivity index (χ4n) is 0.422. The summed E-state index contributed by atoms with van der Waals surface area (Å²) in [5.41, 5.74) is -1.13. The quantitative estimate of drug-likeness (QED) is 0.552. The lowest BCUT2D eigenvalue weighted by atomic mass is 10.0. The smallest absolute Gasteiger partial charge is 0.122 e. The molecule has 3 nitrogen and oxygen atoms in total. The van der Waals surface area contributed by atoms with Crippen LogP contribution in [-0.4, -0.2) is 17.0 Å². The molecule has 0 rings (SSSR count). The van der Waals surface area contributed by atoms with Gasteiger partial charge in [0.25, 0.3) is 0 Å².